The van der Waals surface area contributed by atoms with Gasteiger partial charge in [0.1, 0.15) is 5.69 Å². The second-order valence-electron chi connectivity index (χ2n) is 3.27. The van der Waals surface area contributed by atoms with Gasteiger partial charge in [-0.2, -0.15) is 5.10 Å². The fourth-order valence-corrected chi connectivity index (χ4v) is 1.15. The standard InChI is InChI=1S/C9H14ClN3O/c1-7(10)4-6-13(2)9(14)8-3-5-11-12-8/h3,5,7H,4,6H2,1-2H3,(H,11,12). The van der Waals surface area contributed by atoms with E-state index in [4.69, 9.17) is 11.6 Å². The Balaban J connectivity index is 2.45. The highest BCUT2D eigenvalue weighted by molar-refractivity contribution is 6.20. The van der Waals surface area contributed by atoms with E-state index < -0.39 is 0 Å². The quantitative estimate of drug-likeness (QED) is 0.774. The normalized spacial score (nSPS) is 12.5. The van der Waals surface area contributed by atoms with Crippen molar-refractivity contribution in [1.29, 1.82) is 0 Å². The van der Waals surface area contributed by atoms with Gasteiger partial charge in [0, 0.05) is 25.2 Å². The first kappa shape index (κ1) is 11.0. The zero-order valence-corrected chi connectivity index (χ0v) is 9.08. The molecule has 1 amide bonds. The lowest BCUT2D eigenvalue weighted by atomic mass is 10.3. The van der Waals surface area contributed by atoms with Gasteiger partial charge in [-0.3, -0.25) is 9.89 Å². The maximum absolute atomic E-state index is 11.6. The molecule has 78 valence electrons. The van der Waals surface area contributed by atoms with Crippen molar-refractivity contribution in [1.82, 2.24) is 15.1 Å². The van der Waals surface area contributed by atoms with Crippen LogP contribution in [-0.4, -0.2) is 40.0 Å². The monoisotopic (exact) mass is 215 g/mol. The topological polar surface area (TPSA) is 49.0 Å². The van der Waals surface area contributed by atoms with E-state index in [0.29, 0.717) is 12.2 Å². The van der Waals surface area contributed by atoms with Crippen molar-refractivity contribution in [2.24, 2.45) is 0 Å². The molecule has 1 aromatic rings. The van der Waals surface area contributed by atoms with Crippen molar-refractivity contribution < 1.29 is 4.79 Å². The molecular weight excluding hydrogens is 202 g/mol. The van der Waals surface area contributed by atoms with Crippen molar-refractivity contribution in [2.75, 3.05) is 13.6 Å². The molecule has 0 aliphatic carbocycles. The minimum atomic E-state index is -0.0557. The number of aromatic amines is 1. The molecule has 1 N–H and O–H groups in total. The third kappa shape index (κ3) is 3.03. The first-order valence-electron chi connectivity index (χ1n) is 4.50. The van der Waals surface area contributed by atoms with Crippen LogP contribution in [0.15, 0.2) is 12.3 Å². The van der Waals surface area contributed by atoms with E-state index in [9.17, 15) is 4.79 Å². The number of hydrogen-bond donors (Lipinski definition) is 1. The Kier molecular flexibility index (Phi) is 3.95. The number of alkyl halides is 1. The molecule has 0 spiro atoms. The van der Waals surface area contributed by atoms with E-state index in [0.717, 1.165) is 6.42 Å². The van der Waals surface area contributed by atoms with Gasteiger partial charge in [-0.1, -0.05) is 0 Å². The molecule has 1 unspecified atom stereocenters. The van der Waals surface area contributed by atoms with E-state index in [1.165, 1.54) is 0 Å². The summed E-state index contributed by atoms with van der Waals surface area (Å²) in [5.41, 5.74) is 0.509. The second-order valence-corrected chi connectivity index (χ2v) is 4.01. The number of halogens is 1. The molecule has 1 aromatic heterocycles. The van der Waals surface area contributed by atoms with Crippen molar-refractivity contribution in [2.45, 2.75) is 18.7 Å². The highest BCUT2D eigenvalue weighted by atomic mass is 35.5. The lowest BCUT2D eigenvalue weighted by Crippen LogP contribution is -2.29. The Morgan fingerprint density at radius 1 is 1.79 bits per heavy atom. The molecule has 0 saturated carbocycles. The molecule has 14 heavy (non-hydrogen) atoms. The minimum Gasteiger partial charge on any atom is -0.340 e. The third-order valence-electron chi connectivity index (χ3n) is 1.94. The summed E-state index contributed by atoms with van der Waals surface area (Å²) < 4.78 is 0. The van der Waals surface area contributed by atoms with Crippen LogP contribution >= 0.6 is 11.6 Å². The molecule has 1 atom stereocenters. The maximum atomic E-state index is 11.6. The van der Waals surface area contributed by atoms with Crippen molar-refractivity contribution in [3.8, 4) is 0 Å². The summed E-state index contributed by atoms with van der Waals surface area (Å²) in [6.07, 6.45) is 2.35. The Hall–Kier alpha value is -1.03. The Labute approximate surface area is 88.2 Å². The van der Waals surface area contributed by atoms with Crippen molar-refractivity contribution in [3.63, 3.8) is 0 Å². The first-order valence-corrected chi connectivity index (χ1v) is 4.94. The molecule has 1 rings (SSSR count). The Morgan fingerprint density at radius 3 is 3.00 bits per heavy atom. The molecule has 0 bridgehead atoms. The molecule has 1 heterocycles. The van der Waals surface area contributed by atoms with Crippen LogP contribution in [0.5, 0.6) is 0 Å². The average Bonchev–Trinajstić information content (AvgIpc) is 2.65. The molecule has 5 heteroatoms. The van der Waals surface area contributed by atoms with Crippen LogP contribution in [0, 0.1) is 0 Å². The number of nitrogens with one attached hydrogen (secondary N) is 1. The predicted molar refractivity (Wildman–Crippen MR) is 55.5 cm³/mol. The summed E-state index contributed by atoms with van der Waals surface area (Å²) in [6, 6.07) is 1.66. The fourth-order valence-electron chi connectivity index (χ4n) is 1.05. The van der Waals surface area contributed by atoms with E-state index in [1.54, 1.807) is 24.2 Å². The van der Waals surface area contributed by atoms with E-state index >= 15 is 0 Å². The van der Waals surface area contributed by atoms with Crippen LogP contribution in [0.4, 0.5) is 0 Å². The lowest BCUT2D eigenvalue weighted by molar-refractivity contribution is 0.0788. The lowest BCUT2D eigenvalue weighted by Gasteiger charge is -2.16. The van der Waals surface area contributed by atoms with Gasteiger partial charge < -0.3 is 4.90 Å². The van der Waals surface area contributed by atoms with Crippen LogP contribution in [0.1, 0.15) is 23.8 Å². The number of rotatable bonds is 4. The van der Waals surface area contributed by atoms with Crippen molar-refractivity contribution in [3.05, 3.63) is 18.0 Å². The summed E-state index contributed by atoms with van der Waals surface area (Å²) >= 11 is 5.79. The molecular formula is C9H14ClN3O. The summed E-state index contributed by atoms with van der Waals surface area (Å²) in [4.78, 5) is 13.3. The van der Waals surface area contributed by atoms with Gasteiger partial charge in [0.25, 0.3) is 5.91 Å². The van der Waals surface area contributed by atoms with Gasteiger partial charge in [-0.25, -0.2) is 0 Å². The van der Waals surface area contributed by atoms with Gasteiger partial charge >= 0.3 is 0 Å². The number of carbonyl (C=O) groups is 1. The van der Waals surface area contributed by atoms with E-state index in [1.807, 2.05) is 6.92 Å². The van der Waals surface area contributed by atoms with Crippen LogP contribution in [-0.2, 0) is 0 Å². The van der Waals surface area contributed by atoms with Crippen LogP contribution in [0.3, 0.4) is 0 Å². The highest BCUT2D eigenvalue weighted by Crippen LogP contribution is 2.04. The molecule has 0 fully saturated rings. The van der Waals surface area contributed by atoms with Crippen LogP contribution in [0.2, 0.25) is 0 Å². The zero-order valence-electron chi connectivity index (χ0n) is 8.33. The van der Waals surface area contributed by atoms with E-state index in [2.05, 4.69) is 10.2 Å². The van der Waals surface area contributed by atoms with Gasteiger partial charge in [0.2, 0.25) is 0 Å². The van der Waals surface area contributed by atoms with Crippen LogP contribution in [0.25, 0.3) is 0 Å². The Bertz CT molecular complexity index is 284. The van der Waals surface area contributed by atoms with Gasteiger partial charge in [-0.05, 0) is 19.4 Å². The number of carbonyl (C=O) groups excluding carboxylic acids is 1. The number of nitrogens with zero attached hydrogens (tertiary/aromatic N) is 2. The molecule has 0 saturated heterocycles. The second kappa shape index (κ2) is 5.00. The maximum Gasteiger partial charge on any atom is 0.271 e. The number of H-pyrrole nitrogens is 1. The summed E-state index contributed by atoms with van der Waals surface area (Å²) in [7, 11) is 1.75. The third-order valence-corrected chi connectivity index (χ3v) is 2.16. The van der Waals surface area contributed by atoms with Crippen LogP contribution < -0.4 is 0 Å². The average molecular weight is 216 g/mol. The van der Waals surface area contributed by atoms with E-state index in [-0.39, 0.29) is 11.3 Å². The first-order chi connectivity index (χ1) is 6.61. The summed E-state index contributed by atoms with van der Waals surface area (Å²) in [5.74, 6) is -0.0557. The summed E-state index contributed by atoms with van der Waals surface area (Å²) in [5, 5.41) is 6.44. The van der Waals surface area contributed by atoms with Gasteiger partial charge in [0.05, 0.1) is 0 Å². The Morgan fingerprint density at radius 2 is 2.50 bits per heavy atom. The molecule has 0 radical (unpaired) electrons. The number of amides is 1. The zero-order chi connectivity index (χ0) is 10.6. The fraction of sp³-hybridized carbons (Fsp3) is 0.556. The van der Waals surface area contributed by atoms with Gasteiger partial charge in [-0.15, -0.1) is 11.6 Å². The smallest absolute Gasteiger partial charge is 0.271 e. The molecule has 4 nitrogen and oxygen atoms in total. The number of aromatic nitrogens is 2. The molecule has 0 aliphatic heterocycles. The largest absolute Gasteiger partial charge is 0.340 e. The minimum absolute atomic E-state index is 0.0557. The van der Waals surface area contributed by atoms with Gasteiger partial charge in [0.15, 0.2) is 0 Å². The number of hydrogen-bond acceptors (Lipinski definition) is 2. The highest BCUT2D eigenvalue weighted by Gasteiger charge is 2.12. The molecule has 0 aliphatic rings. The summed E-state index contributed by atoms with van der Waals surface area (Å²) in [6.45, 7) is 2.57. The molecule has 0 aromatic carbocycles. The SMILES string of the molecule is CC(Cl)CCN(C)C(=O)c1ccn[nH]1. The van der Waals surface area contributed by atoms with Crippen molar-refractivity contribution >= 4 is 17.5 Å². The predicted octanol–water partition coefficient (Wildman–Crippen LogP) is 1.50.